The lowest BCUT2D eigenvalue weighted by Gasteiger charge is -2.13. The van der Waals surface area contributed by atoms with Gasteiger partial charge in [-0.3, -0.25) is 10.1 Å². The Morgan fingerprint density at radius 2 is 2.07 bits per heavy atom. The first-order valence-electron chi connectivity index (χ1n) is 8.67. The molecule has 0 saturated carbocycles. The molecule has 7 nitrogen and oxygen atoms in total. The van der Waals surface area contributed by atoms with E-state index in [1.807, 2.05) is 29.6 Å². The van der Waals surface area contributed by atoms with Crippen LogP contribution < -0.4 is 9.84 Å². The summed E-state index contributed by atoms with van der Waals surface area (Å²) in [4.78, 5) is 14.9. The molecule has 0 spiro atoms. The number of aryl methyl sites for hydroxylation is 1. The van der Waals surface area contributed by atoms with E-state index < -0.39 is 16.4 Å². The van der Waals surface area contributed by atoms with Gasteiger partial charge in [-0.15, -0.1) is 11.3 Å². The largest absolute Gasteiger partial charge is 0.865 e. The van der Waals surface area contributed by atoms with Crippen molar-refractivity contribution in [2.45, 2.75) is 13.3 Å². The maximum atomic E-state index is 12.0. The zero-order valence-corrected chi connectivity index (χ0v) is 16.5. The van der Waals surface area contributed by atoms with Crippen molar-refractivity contribution in [2.75, 3.05) is 7.11 Å². The number of methoxy groups -OCH3 is 1. The fraction of sp³-hybridized carbons (Fsp3) is 0.143. The number of nitro benzene ring substituents is 1. The summed E-state index contributed by atoms with van der Waals surface area (Å²) < 4.78 is 4.94. The first-order valence-corrected chi connectivity index (χ1v) is 9.55. The fourth-order valence-electron chi connectivity index (χ4n) is 2.73. The average Bonchev–Trinajstić information content (AvgIpc) is 3.22. The third-order valence-corrected chi connectivity index (χ3v) is 5.17. The molecule has 3 rings (SSSR count). The molecule has 3 aromatic rings. The predicted molar refractivity (Wildman–Crippen MR) is 110 cm³/mol. The van der Waals surface area contributed by atoms with Crippen LogP contribution in [0, 0.1) is 21.4 Å². The number of benzene rings is 2. The number of hydrogen-bond donors (Lipinski definition) is 0. The molecule has 0 amide bonds. The molecule has 0 radical (unpaired) electrons. The summed E-state index contributed by atoms with van der Waals surface area (Å²) in [5.41, 5.74) is 2.85. The van der Waals surface area contributed by atoms with Crippen LogP contribution in [0.5, 0.6) is 11.5 Å². The topological polar surface area (TPSA) is 112 Å². The number of thiazole rings is 1. The summed E-state index contributed by atoms with van der Waals surface area (Å²) in [7, 11) is 1.26. The highest BCUT2D eigenvalue weighted by Gasteiger charge is 2.15. The minimum Gasteiger partial charge on any atom is -0.865 e. The fourth-order valence-corrected chi connectivity index (χ4v) is 3.52. The summed E-state index contributed by atoms with van der Waals surface area (Å²) in [6, 6.07) is 12.6. The highest BCUT2D eigenvalue weighted by Crippen LogP contribution is 2.36. The molecule has 8 heteroatoms. The van der Waals surface area contributed by atoms with Crippen molar-refractivity contribution in [3.8, 4) is 28.8 Å². The highest BCUT2D eigenvalue weighted by molar-refractivity contribution is 7.11. The van der Waals surface area contributed by atoms with Crippen LogP contribution in [0.15, 0.2) is 41.8 Å². The number of ether oxygens (including phenoxy) is 1. The van der Waals surface area contributed by atoms with Gasteiger partial charge in [0.15, 0.2) is 0 Å². The third-order valence-electron chi connectivity index (χ3n) is 4.30. The van der Waals surface area contributed by atoms with Crippen molar-refractivity contribution in [1.82, 2.24) is 4.98 Å². The van der Waals surface area contributed by atoms with Crippen LogP contribution in [0.4, 0.5) is 5.69 Å². The van der Waals surface area contributed by atoms with Crippen molar-refractivity contribution < 1.29 is 14.8 Å². The quantitative estimate of drug-likeness (QED) is 0.340. The van der Waals surface area contributed by atoms with Gasteiger partial charge in [0.1, 0.15) is 16.8 Å². The number of nitrogens with zero attached hydrogens (tertiary/aromatic N) is 3. The van der Waals surface area contributed by atoms with E-state index in [4.69, 9.17) is 4.74 Å². The van der Waals surface area contributed by atoms with Gasteiger partial charge in [0.2, 0.25) is 0 Å². The highest BCUT2D eigenvalue weighted by atomic mass is 32.1. The van der Waals surface area contributed by atoms with Crippen LogP contribution in [-0.2, 0) is 6.42 Å². The molecule has 0 aliphatic heterocycles. The SMILES string of the molecule is CCc1ccc(-c2csc(/C(C#N)=C/c3cc(OC)c([O-])c([N+](=O)[O-])c3)n2)cc1. The summed E-state index contributed by atoms with van der Waals surface area (Å²) >= 11 is 1.30. The van der Waals surface area contributed by atoms with E-state index in [2.05, 4.69) is 18.0 Å². The number of nitriles is 1. The lowest BCUT2D eigenvalue weighted by molar-refractivity contribution is -0.398. The molecule has 1 heterocycles. The first kappa shape index (κ1) is 20.0. The number of rotatable bonds is 6. The lowest BCUT2D eigenvalue weighted by atomic mass is 10.1. The molecular formula is C21H16N3O4S-. The Kier molecular flexibility index (Phi) is 5.90. The predicted octanol–water partition coefficient (Wildman–Crippen LogP) is 4.43. The van der Waals surface area contributed by atoms with Gasteiger partial charge in [0, 0.05) is 22.8 Å². The molecule has 0 N–H and O–H groups in total. The van der Waals surface area contributed by atoms with Crippen molar-refractivity contribution in [3.63, 3.8) is 0 Å². The van der Waals surface area contributed by atoms with Crippen molar-refractivity contribution in [3.05, 3.63) is 68.0 Å². The first-order chi connectivity index (χ1) is 14.0. The van der Waals surface area contributed by atoms with Crippen LogP contribution in [0.2, 0.25) is 0 Å². The Labute approximate surface area is 171 Å². The second kappa shape index (κ2) is 8.54. The van der Waals surface area contributed by atoms with Crippen LogP contribution in [0.1, 0.15) is 23.1 Å². The van der Waals surface area contributed by atoms with Crippen LogP contribution >= 0.6 is 11.3 Å². The van der Waals surface area contributed by atoms with Crippen molar-refractivity contribution >= 4 is 28.7 Å². The van der Waals surface area contributed by atoms with E-state index in [1.54, 1.807) is 0 Å². The van der Waals surface area contributed by atoms with E-state index >= 15 is 0 Å². The second-order valence-electron chi connectivity index (χ2n) is 6.09. The monoisotopic (exact) mass is 406 g/mol. The lowest BCUT2D eigenvalue weighted by Crippen LogP contribution is -2.01. The van der Waals surface area contributed by atoms with Gasteiger partial charge in [0.25, 0.3) is 5.69 Å². The zero-order chi connectivity index (χ0) is 21.0. The Morgan fingerprint density at radius 1 is 1.34 bits per heavy atom. The number of allylic oxidation sites excluding steroid dienone is 1. The van der Waals surface area contributed by atoms with Crippen LogP contribution in [0.25, 0.3) is 22.9 Å². The average molecular weight is 406 g/mol. The Bertz CT molecular complexity index is 1130. The molecule has 0 saturated heterocycles. The summed E-state index contributed by atoms with van der Waals surface area (Å²) in [5.74, 6) is -0.959. The maximum absolute atomic E-state index is 12.0. The molecule has 0 aliphatic carbocycles. The number of aromatic nitrogens is 1. The number of hydrogen-bond acceptors (Lipinski definition) is 7. The van der Waals surface area contributed by atoms with Gasteiger partial charge in [-0.2, -0.15) is 5.26 Å². The summed E-state index contributed by atoms with van der Waals surface area (Å²) in [5, 5.41) is 35.0. The second-order valence-corrected chi connectivity index (χ2v) is 6.94. The Balaban J connectivity index is 1.99. The van der Waals surface area contributed by atoms with E-state index in [0.717, 1.165) is 23.7 Å². The van der Waals surface area contributed by atoms with E-state index in [9.17, 15) is 20.5 Å². The van der Waals surface area contributed by atoms with Gasteiger partial charge >= 0.3 is 0 Å². The van der Waals surface area contributed by atoms with Crippen molar-refractivity contribution in [2.24, 2.45) is 0 Å². The minimum absolute atomic E-state index is 0.154. The maximum Gasteiger partial charge on any atom is 0.266 e. The molecule has 29 heavy (non-hydrogen) atoms. The molecule has 1 aromatic heterocycles. The van der Waals surface area contributed by atoms with E-state index in [-0.39, 0.29) is 11.3 Å². The van der Waals surface area contributed by atoms with Gasteiger partial charge in [-0.05, 0) is 29.7 Å². The Morgan fingerprint density at radius 3 is 2.66 bits per heavy atom. The van der Waals surface area contributed by atoms with Gasteiger partial charge in [-0.1, -0.05) is 31.2 Å². The van der Waals surface area contributed by atoms with Gasteiger partial charge < -0.3 is 9.84 Å². The van der Waals surface area contributed by atoms with E-state index in [0.29, 0.717) is 10.6 Å². The molecule has 146 valence electrons. The van der Waals surface area contributed by atoms with Gasteiger partial charge in [0.05, 0.1) is 23.3 Å². The molecule has 0 atom stereocenters. The molecule has 0 aliphatic rings. The standard InChI is InChI=1S/C21H17N3O4S/c1-3-13-4-6-15(7-5-13)17-12-29-21(23-17)16(11-22)8-14-9-18(24(26)27)20(25)19(10-14)28-2/h4-10,12,25H,3H2,1-2H3/p-1/b16-8+. The Hall–Kier alpha value is -3.70. The zero-order valence-electron chi connectivity index (χ0n) is 15.7. The summed E-state index contributed by atoms with van der Waals surface area (Å²) in [6.45, 7) is 2.08. The van der Waals surface area contributed by atoms with Crippen molar-refractivity contribution in [1.29, 1.82) is 5.26 Å². The normalized spacial score (nSPS) is 11.1. The molecule has 0 bridgehead atoms. The smallest absolute Gasteiger partial charge is 0.266 e. The van der Waals surface area contributed by atoms with Crippen LogP contribution in [-0.4, -0.2) is 17.0 Å². The van der Waals surface area contributed by atoms with E-state index in [1.165, 1.54) is 36.2 Å². The third kappa shape index (κ3) is 4.25. The summed E-state index contributed by atoms with van der Waals surface area (Å²) in [6.07, 6.45) is 2.40. The molecule has 0 unspecified atom stereocenters. The number of nitro groups is 1. The van der Waals surface area contributed by atoms with Gasteiger partial charge in [-0.25, -0.2) is 4.98 Å². The molecular weight excluding hydrogens is 390 g/mol. The van der Waals surface area contributed by atoms with Crippen LogP contribution in [0.3, 0.4) is 0 Å². The molecule has 0 fully saturated rings. The minimum atomic E-state index is -0.805. The molecule has 2 aromatic carbocycles.